The summed E-state index contributed by atoms with van der Waals surface area (Å²) in [6, 6.07) is 17.5. The lowest BCUT2D eigenvalue weighted by Crippen LogP contribution is -2.57. The van der Waals surface area contributed by atoms with E-state index in [1.807, 2.05) is 35.2 Å². The Morgan fingerprint density at radius 3 is 2.43 bits per heavy atom. The van der Waals surface area contributed by atoms with Crippen LogP contribution in [-0.4, -0.2) is 44.2 Å². The summed E-state index contributed by atoms with van der Waals surface area (Å²) >= 11 is 0. The van der Waals surface area contributed by atoms with Gasteiger partial charge >= 0.3 is 0 Å². The fourth-order valence-corrected chi connectivity index (χ4v) is 5.73. The molecule has 2 aromatic carbocycles. The Hall–Kier alpha value is -3.32. The predicted octanol–water partition coefficient (Wildman–Crippen LogP) is 3.84. The van der Waals surface area contributed by atoms with Gasteiger partial charge in [0.25, 0.3) is 5.56 Å². The van der Waals surface area contributed by atoms with Crippen molar-refractivity contribution in [1.82, 2.24) is 14.5 Å². The van der Waals surface area contributed by atoms with Gasteiger partial charge in [-0.05, 0) is 36.5 Å². The Morgan fingerprint density at radius 2 is 1.77 bits per heavy atom. The zero-order valence-electron chi connectivity index (χ0n) is 19.8. The van der Waals surface area contributed by atoms with Crippen LogP contribution in [0.25, 0.3) is 11.3 Å². The van der Waals surface area contributed by atoms with E-state index in [-0.39, 0.29) is 47.0 Å². The number of carbonyl (C=O) groups is 1. The first kappa shape index (κ1) is 23.4. The van der Waals surface area contributed by atoms with Crippen molar-refractivity contribution in [2.75, 3.05) is 13.1 Å². The van der Waals surface area contributed by atoms with E-state index in [0.717, 1.165) is 18.4 Å². The molecule has 2 bridgehead atoms. The zero-order chi connectivity index (χ0) is 24.6. The second-order valence-electron chi connectivity index (χ2n) is 10.00. The molecule has 3 aromatic rings. The number of benzene rings is 2. The Bertz CT molecular complexity index is 1260. The van der Waals surface area contributed by atoms with E-state index in [9.17, 15) is 19.1 Å². The molecule has 2 aliphatic rings. The molecule has 5 rings (SSSR count). The van der Waals surface area contributed by atoms with Crippen molar-refractivity contribution in [3.8, 4) is 11.3 Å². The summed E-state index contributed by atoms with van der Waals surface area (Å²) in [5.74, 6) is -0.411. The number of rotatable bonds is 6. The fourth-order valence-electron chi connectivity index (χ4n) is 5.73. The van der Waals surface area contributed by atoms with Crippen molar-refractivity contribution >= 4 is 5.91 Å². The van der Waals surface area contributed by atoms with Crippen LogP contribution < -0.4 is 5.56 Å². The Balaban J connectivity index is 1.28. The van der Waals surface area contributed by atoms with Crippen LogP contribution in [0.3, 0.4) is 0 Å². The van der Waals surface area contributed by atoms with Gasteiger partial charge in [0, 0.05) is 43.0 Å². The van der Waals surface area contributed by atoms with Crippen molar-refractivity contribution in [1.29, 1.82) is 0 Å². The van der Waals surface area contributed by atoms with Gasteiger partial charge in [-0.3, -0.25) is 14.2 Å². The van der Waals surface area contributed by atoms with Crippen LogP contribution >= 0.6 is 0 Å². The molecule has 1 amide bonds. The average molecular weight is 476 g/mol. The second kappa shape index (κ2) is 9.38. The standard InChI is InChI=1S/C28H30FN3O3/c1-19(20-7-3-2-4-8-20)13-26(33)31-15-21-11-12-22(16-31)28(21,35)17-32-18-30-25(14-27(32)34)23-9-5-6-10-24(23)29/h2-10,14,18-19,21-22,35H,11-13,15-17H2,1H3/t19?,21-,22+,28?. The number of aromatic nitrogens is 2. The highest BCUT2D eigenvalue weighted by molar-refractivity contribution is 5.77. The van der Waals surface area contributed by atoms with Crippen molar-refractivity contribution in [2.24, 2.45) is 11.8 Å². The number of likely N-dealkylation sites (tertiary alicyclic amines) is 1. The predicted molar refractivity (Wildman–Crippen MR) is 131 cm³/mol. The first-order valence-corrected chi connectivity index (χ1v) is 12.2. The van der Waals surface area contributed by atoms with Crippen LogP contribution in [0.4, 0.5) is 4.39 Å². The third-order valence-corrected chi connectivity index (χ3v) is 7.81. The largest absolute Gasteiger partial charge is 0.387 e. The number of halogens is 1. The lowest BCUT2D eigenvalue weighted by atomic mass is 9.79. The van der Waals surface area contributed by atoms with Crippen molar-refractivity contribution in [3.63, 3.8) is 0 Å². The van der Waals surface area contributed by atoms with Crippen LogP contribution in [0.2, 0.25) is 0 Å². The molecular formula is C28H30FN3O3. The molecular weight excluding hydrogens is 445 g/mol. The molecule has 182 valence electrons. The van der Waals surface area contributed by atoms with E-state index in [2.05, 4.69) is 11.9 Å². The van der Waals surface area contributed by atoms with Crippen molar-refractivity contribution < 1.29 is 14.3 Å². The molecule has 35 heavy (non-hydrogen) atoms. The van der Waals surface area contributed by atoms with Gasteiger partial charge in [0.1, 0.15) is 5.82 Å². The average Bonchev–Trinajstić information content (AvgIpc) is 3.01. The molecule has 1 aliphatic heterocycles. The van der Waals surface area contributed by atoms with Gasteiger partial charge in [0.2, 0.25) is 5.91 Å². The molecule has 6 nitrogen and oxygen atoms in total. The van der Waals surface area contributed by atoms with Gasteiger partial charge in [-0.15, -0.1) is 0 Å². The highest BCUT2D eigenvalue weighted by Crippen LogP contribution is 2.46. The van der Waals surface area contributed by atoms with Gasteiger partial charge in [0.15, 0.2) is 0 Å². The highest BCUT2D eigenvalue weighted by atomic mass is 19.1. The molecule has 1 N–H and O–H groups in total. The van der Waals surface area contributed by atoms with E-state index in [1.165, 1.54) is 23.0 Å². The number of aliphatic hydroxyl groups is 1. The highest BCUT2D eigenvalue weighted by Gasteiger charge is 2.54. The molecule has 2 fully saturated rings. The topological polar surface area (TPSA) is 75.4 Å². The summed E-state index contributed by atoms with van der Waals surface area (Å²) < 4.78 is 15.5. The molecule has 0 spiro atoms. The van der Waals surface area contributed by atoms with Crippen LogP contribution in [0, 0.1) is 17.7 Å². The Kier molecular flexibility index (Phi) is 6.28. The zero-order valence-corrected chi connectivity index (χ0v) is 19.8. The minimum Gasteiger partial charge on any atom is -0.387 e. The Labute approximate surface area is 204 Å². The molecule has 0 radical (unpaired) electrons. The summed E-state index contributed by atoms with van der Waals surface area (Å²) in [7, 11) is 0. The third-order valence-electron chi connectivity index (χ3n) is 7.81. The van der Waals surface area contributed by atoms with Gasteiger partial charge in [-0.1, -0.05) is 49.4 Å². The monoisotopic (exact) mass is 475 g/mol. The quantitative estimate of drug-likeness (QED) is 0.588. The molecule has 2 heterocycles. The van der Waals surface area contributed by atoms with E-state index in [4.69, 9.17) is 0 Å². The summed E-state index contributed by atoms with van der Waals surface area (Å²) in [4.78, 5) is 32.1. The van der Waals surface area contributed by atoms with Crippen LogP contribution in [0.1, 0.15) is 37.7 Å². The molecule has 1 aromatic heterocycles. The molecule has 7 heteroatoms. The summed E-state index contributed by atoms with van der Waals surface area (Å²) in [5, 5.41) is 11.7. The van der Waals surface area contributed by atoms with Gasteiger partial charge in [-0.25, -0.2) is 9.37 Å². The van der Waals surface area contributed by atoms with Crippen molar-refractivity contribution in [2.45, 2.75) is 44.2 Å². The summed E-state index contributed by atoms with van der Waals surface area (Å²) in [5.41, 5.74) is 0.274. The molecule has 1 saturated heterocycles. The summed E-state index contributed by atoms with van der Waals surface area (Å²) in [6.45, 7) is 3.16. The van der Waals surface area contributed by atoms with Gasteiger partial charge in [-0.2, -0.15) is 0 Å². The number of fused-ring (bicyclic) bond motifs is 2. The first-order chi connectivity index (χ1) is 16.8. The second-order valence-corrected chi connectivity index (χ2v) is 10.00. The van der Waals surface area contributed by atoms with Gasteiger partial charge in [0.05, 0.1) is 24.2 Å². The van der Waals surface area contributed by atoms with E-state index in [0.29, 0.717) is 19.5 Å². The SMILES string of the molecule is CC(CC(=O)N1C[C@H]2CC[C@@H](C1)C2(O)Cn1cnc(-c2ccccc2F)cc1=O)c1ccccc1. The first-order valence-electron chi connectivity index (χ1n) is 12.2. The number of carbonyl (C=O) groups excluding carboxylic acids is 1. The normalized spacial score (nSPS) is 24.4. The third kappa shape index (κ3) is 4.52. The minimum absolute atomic E-state index is 0.102. The number of amides is 1. The molecule has 1 aliphatic carbocycles. The van der Waals surface area contributed by atoms with E-state index >= 15 is 0 Å². The maximum absolute atomic E-state index is 14.1. The number of hydrogen-bond acceptors (Lipinski definition) is 4. The summed E-state index contributed by atoms with van der Waals surface area (Å²) in [6.07, 6.45) is 3.45. The lowest BCUT2D eigenvalue weighted by molar-refractivity contribution is -0.144. The number of piperidine rings is 1. The maximum Gasteiger partial charge on any atom is 0.253 e. The molecule has 1 saturated carbocycles. The molecule has 4 atom stereocenters. The number of hydrogen-bond donors (Lipinski definition) is 1. The van der Waals surface area contributed by atoms with Crippen LogP contribution in [0.5, 0.6) is 0 Å². The van der Waals surface area contributed by atoms with E-state index in [1.54, 1.807) is 18.2 Å². The fraction of sp³-hybridized carbons (Fsp3) is 0.393. The van der Waals surface area contributed by atoms with Crippen LogP contribution in [-0.2, 0) is 11.3 Å². The lowest BCUT2D eigenvalue weighted by Gasteiger charge is -2.44. The maximum atomic E-state index is 14.1. The van der Waals surface area contributed by atoms with E-state index < -0.39 is 11.4 Å². The smallest absolute Gasteiger partial charge is 0.253 e. The van der Waals surface area contributed by atoms with Crippen LogP contribution in [0.15, 0.2) is 71.8 Å². The Morgan fingerprint density at radius 1 is 1.11 bits per heavy atom. The number of nitrogens with zero attached hydrogens (tertiary/aromatic N) is 3. The van der Waals surface area contributed by atoms with Gasteiger partial charge < -0.3 is 10.0 Å². The molecule has 2 unspecified atom stereocenters. The minimum atomic E-state index is -1.08. The van der Waals surface area contributed by atoms with Crippen molar-refractivity contribution in [3.05, 3.63) is 88.7 Å².